The van der Waals surface area contributed by atoms with Crippen molar-refractivity contribution in [3.63, 3.8) is 0 Å². The minimum absolute atomic E-state index is 0.132. The fraction of sp³-hybridized carbons (Fsp3) is 0.148. The van der Waals surface area contributed by atoms with Crippen LogP contribution in [0.2, 0.25) is 5.02 Å². The fourth-order valence-electron chi connectivity index (χ4n) is 3.73. The zero-order valence-corrected chi connectivity index (χ0v) is 20.3. The number of allylic oxidation sites excluding steroid dienone is 1. The lowest BCUT2D eigenvalue weighted by Gasteiger charge is -2.34. The third-order valence-corrected chi connectivity index (χ3v) is 5.82. The molecule has 3 aromatic carbocycles. The number of para-hydroxylation sites is 1. The summed E-state index contributed by atoms with van der Waals surface area (Å²) in [5.41, 5.74) is 4.12. The molecule has 178 valence electrons. The van der Waals surface area contributed by atoms with Gasteiger partial charge in [-0.15, -0.1) is 0 Å². The SMILES string of the molecule is C=C(C)N(C)N(C(=O)CNC1N=C(c2ccccc2)c2cc(Cl)ccc2NC1=O)c1ccccc1. The van der Waals surface area contributed by atoms with Gasteiger partial charge in [-0.25, -0.2) is 5.01 Å². The second-order valence-electron chi connectivity index (χ2n) is 8.11. The topological polar surface area (TPSA) is 77.0 Å². The number of hydrazine groups is 1. The van der Waals surface area contributed by atoms with E-state index in [1.54, 1.807) is 30.3 Å². The molecule has 1 aliphatic rings. The van der Waals surface area contributed by atoms with Gasteiger partial charge in [-0.3, -0.25) is 24.9 Å². The summed E-state index contributed by atoms with van der Waals surface area (Å²) in [4.78, 5) is 31.1. The van der Waals surface area contributed by atoms with Gasteiger partial charge in [0.15, 0.2) is 6.17 Å². The molecule has 0 bridgehead atoms. The van der Waals surface area contributed by atoms with Crippen LogP contribution in [0.15, 0.2) is 96.1 Å². The smallest absolute Gasteiger partial charge is 0.264 e. The van der Waals surface area contributed by atoms with E-state index in [0.29, 0.717) is 33.4 Å². The molecule has 4 rings (SSSR count). The van der Waals surface area contributed by atoms with Crippen molar-refractivity contribution in [3.05, 3.63) is 107 Å². The van der Waals surface area contributed by atoms with E-state index in [4.69, 9.17) is 16.6 Å². The lowest BCUT2D eigenvalue weighted by Crippen LogP contribution is -2.50. The Morgan fingerprint density at radius 2 is 1.74 bits per heavy atom. The highest BCUT2D eigenvalue weighted by atomic mass is 35.5. The van der Waals surface area contributed by atoms with Gasteiger partial charge in [0.1, 0.15) is 0 Å². The van der Waals surface area contributed by atoms with Crippen LogP contribution >= 0.6 is 11.6 Å². The van der Waals surface area contributed by atoms with Crippen molar-refractivity contribution in [1.82, 2.24) is 10.3 Å². The number of anilines is 2. The number of fused-ring (bicyclic) bond motifs is 1. The minimum atomic E-state index is -0.993. The molecule has 1 aliphatic heterocycles. The van der Waals surface area contributed by atoms with E-state index in [1.807, 2.05) is 67.6 Å². The predicted molar refractivity (Wildman–Crippen MR) is 140 cm³/mol. The van der Waals surface area contributed by atoms with E-state index in [9.17, 15) is 9.59 Å². The van der Waals surface area contributed by atoms with Crippen molar-refractivity contribution >= 4 is 40.5 Å². The summed E-state index contributed by atoms with van der Waals surface area (Å²) in [7, 11) is 1.76. The highest BCUT2D eigenvalue weighted by molar-refractivity contribution is 6.32. The number of hydrogen-bond donors (Lipinski definition) is 2. The number of nitrogens with one attached hydrogen (secondary N) is 2. The monoisotopic (exact) mass is 487 g/mol. The Hall–Kier alpha value is -3.94. The number of benzene rings is 3. The highest BCUT2D eigenvalue weighted by Crippen LogP contribution is 2.27. The lowest BCUT2D eigenvalue weighted by molar-refractivity contribution is -0.121. The molecule has 0 saturated carbocycles. The molecule has 1 heterocycles. The average molecular weight is 488 g/mol. The lowest BCUT2D eigenvalue weighted by atomic mass is 10.0. The molecule has 2 amide bonds. The number of amides is 2. The van der Waals surface area contributed by atoms with E-state index in [1.165, 1.54) is 5.01 Å². The van der Waals surface area contributed by atoms with Gasteiger partial charge < -0.3 is 5.32 Å². The molecule has 2 N–H and O–H groups in total. The van der Waals surface area contributed by atoms with Crippen molar-refractivity contribution in [3.8, 4) is 0 Å². The molecular weight excluding hydrogens is 462 g/mol. The number of nitrogens with zero attached hydrogens (tertiary/aromatic N) is 3. The van der Waals surface area contributed by atoms with Gasteiger partial charge >= 0.3 is 0 Å². The zero-order chi connectivity index (χ0) is 24.9. The van der Waals surface area contributed by atoms with Crippen molar-refractivity contribution in [1.29, 1.82) is 0 Å². The fourth-order valence-corrected chi connectivity index (χ4v) is 3.90. The van der Waals surface area contributed by atoms with Crippen LogP contribution in [-0.2, 0) is 9.59 Å². The predicted octanol–water partition coefficient (Wildman–Crippen LogP) is 4.46. The average Bonchev–Trinajstić information content (AvgIpc) is 2.99. The summed E-state index contributed by atoms with van der Waals surface area (Å²) in [6.07, 6.45) is -0.993. The van der Waals surface area contributed by atoms with E-state index >= 15 is 0 Å². The van der Waals surface area contributed by atoms with Crippen LogP contribution in [0, 0.1) is 0 Å². The van der Waals surface area contributed by atoms with E-state index in [2.05, 4.69) is 17.2 Å². The molecule has 7 nitrogen and oxygen atoms in total. The summed E-state index contributed by atoms with van der Waals surface area (Å²) in [6, 6.07) is 24.0. The molecule has 0 aliphatic carbocycles. The Morgan fingerprint density at radius 3 is 2.40 bits per heavy atom. The Kier molecular flexibility index (Phi) is 7.29. The molecule has 0 fully saturated rings. The third kappa shape index (κ3) is 5.42. The van der Waals surface area contributed by atoms with Crippen LogP contribution in [0.1, 0.15) is 18.1 Å². The van der Waals surface area contributed by atoms with Crippen molar-refractivity contribution < 1.29 is 9.59 Å². The summed E-state index contributed by atoms with van der Waals surface area (Å²) in [6.45, 7) is 5.63. The first-order chi connectivity index (χ1) is 16.8. The highest BCUT2D eigenvalue weighted by Gasteiger charge is 2.28. The molecule has 3 aromatic rings. The van der Waals surface area contributed by atoms with Gasteiger partial charge in [0.2, 0.25) is 0 Å². The van der Waals surface area contributed by atoms with Crippen molar-refractivity contribution in [2.75, 3.05) is 23.9 Å². The van der Waals surface area contributed by atoms with E-state index < -0.39 is 6.17 Å². The Balaban J connectivity index is 1.64. The Labute approximate surface area is 209 Å². The summed E-state index contributed by atoms with van der Waals surface area (Å²) < 4.78 is 0. The number of carbonyl (C=O) groups excluding carboxylic acids is 2. The molecule has 0 spiro atoms. The first-order valence-corrected chi connectivity index (χ1v) is 11.5. The quantitative estimate of drug-likeness (QED) is 0.482. The van der Waals surface area contributed by atoms with Gasteiger partial charge in [-0.1, -0.05) is 66.7 Å². The Morgan fingerprint density at radius 1 is 1.09 bits per heavy atom. The van der Waals surface area contributed by atoms with Crippen LogP contribution in [0.25, 0.3) is 0 Å². The van der Waals surface area contributed by atoms with Gasteiger partial charge in [0.05, 0.1) is 23.6 Å². The first-order valence-electron chi connectivity index (χ1n) is 11.1. The molecular formula is C27H26ClN5O2. The van der Waals surface area contributed by atoms with Crippen LogP contribution < -0.4 is 15.6 Å². The normalized spacial score (nSPS) is 14.8. The molecule has 0 aromatic heterocycles. The summed E-state index contributed by atoms with van der Waals surface area (Å²) in [5, 5.41) is 9.64. The number of benzodiazepines with no additional fused rings is 1. The second-order valence-corrected chi connectivity index (χ2v) is 8.54. The third-order valence-electron chi connectivity index (χ3n) is 5.58. The van der Waals surface area contributed by atoms with Crippen LogP contribution in [0.3, 0.4) is 0 Å². The maximum absolute atomic E-state index is 13.3. The summed E-state index contributed by atoms with van der Waals surface area (Å²) in [5.74, 6) is -0.636. The van der Waals surface area contributed by atoms with Crippen molar-refractivity contribution in [2.24, 2.45) is 4.99 Å². The molecule has 0 radical (unpaired) electrons. The maximum Gasteiger partial charge on any atom is 0.264 e. The number of rotatable bonds is 7. The van der Waals surface area contributed by atoms with E-state index in [0.717, 1.165) is 5.56 Å². The van der Waals surface area contributed by atoms with Crippen LogP contribution in [0.5, 0.6) is 0 Å². The van der Waals surface area contributed by atoms with Gasteiger partial charge in [0, 0.05) is 28.9 Å². The van der Waals surface area contributed by atoms with Gasteiger partial charge in [-0.05, 0) is 37.3 Å². The maximum atomic E-state index is 13.3. The number of aliphatic imine (C=N–C) groups is 1. The summed E-state index contributed by atoms with van der Waals surface area (Å²) >= 11 is 6.26. The van der Waals surface area contributed by atoms with Crippen molar-refractivity contribution in [2.45, 2.75) is 13.1 Å². The molecule has 1 atom stereocenters. The molecule has 35 heavy (non-hydrogen) atoms. The van der Waals surface area contributed by atoms with Crippen LogP contribution in [0.4, 0.5) is 11.4 Å². The molecule has 1 unspecified atom stereocenters. The number of hydrogen-bond acceptors (Lipinski definition) is 5. The first kappa shape index (κ1) is 24.2. The zero-order valence-electron chi connectivity index (χ0n) is 19.5. The number of halogens is 1. The largest absolute Gasteiger partial charge is 0.322 e. The standard InChI is InChI=1S/C27H26ClN5O2/c1-18(2)32(3)33(21-12-8-5-9-13-21)24(34)17-29-26-27(35)30-23-15-14-20(28)16-22(23)25(31-26)19-10-6-4-7-11-19/h4-16,26,29H,1,17H2,2-3H3,(H,30,35). The number of carbonyl (C=O) groups is 2. The molecule has 8 heteroatoms. The second kappa shape index (κ2) is 10.5. The van der Waals surface area contributed by atoms with E-state index in [-0.39, 0.29) is 18.4 Å². The Bertz CT molecular complexity index is 1280. The van der Waals surface area contributed by atoms with Crippen LogP contribution in [-0.4, -0.2) is 42.3 Å². The minimum Gasteiger partial charge on any atom is -0.322 e. The van der Waals surface area contributed by atoms with Gasteiger partial charge in [-0.2, -0.15) is 0 Å². The molecule has 0 saturated heterocycles. The van der Waals surface area contributed by atoms with Gasteiger partial charge in [0.25, 0.3) is 11.8 Å².